The van der Waals surface area contributed by atoms with Crippen LogP contribution in [0, 0.1) is 5.82 Å². The zero-order valence-electron chi connectivity index (χ0n) is 11.3. The quantitative estimate of drug-likeness (QED) is 0.903. The predicted molar refractivity (Wildman–Crippen MR) is 70.7 cm³/mol. The van der Waals surface area contributed by atoms with Gasteiger partial charge in [0.25, 0.3) is 0 Å². The number of likely N-dealkylation sites (N-methyl/N-ethyl adjacent to an activating group) is 1. The Morgan fingerprint density at radius 3 is 2.84 bits per heavy atom. The lowest BCUT2D eigenvalue weighted by Crippen LogP contribution is -2.49. The van der Waals surface area contributed by atoms with Crippen LogP contribution >= 0.6 is 0 Å². The molecule has 1 heterocycles. The van der Waals surface area contributed by atoms with Crippen LogP contribution in [0.1, 0.15) is 22.8 Å². The summed E-state index contributed by atoms with van der Waals surface area (Å²) in [7, 11) is 2.07. The molecule has 1 aromatic rings. The van der Waals surface area contributed by atoms with Gasteiger partial charge in [-0.15, -0.1) is 0 Å². The minimum atomic E-state index is -1.22. The molecule has 1 aliphatic heterocycles. The molecule has 1 aromatic carbocycles. The number of carboxylic acids is 1. The zero-order chi connectivity index (χ0) is 14.0. The number of rotatable bonds is 3. The number of aromatic carboxylic acids is 1. The first-order valence-electron chi connectivity index (χ1n) is 6.42. The lowest BCUT2D eigenvalue weighted by molar-refractivity contribution is 0.0690. The maximum atomic E-state index is 14.1. The highest BCUT2D eigenvalue weighted by Gasteiger charge is 2.23. The average molecular weight is 266 g/mol. The number of halogens is 1. The summed E-state index contributed by atoms with van der Waals surface area (Å²) in [6.07, 6.45) is 0. The van der Waals surface area contributed by atoms with Crippen LogP contribution in [0.4, 0.5) is 4.39 Å². The molecule has 1 unspecified atom stereocenters. The average Bonchev–Trinajstić information content (AvgIpc) is 2.34. The van der Waals surface area contributed by atoms with Gasteiger partial charge in [-0.05, 0) is 20.0 Å². The van der Waals surface area contributed by atoms with E-state index in [1.165, 1.54) is 6.07 Å². The van der Waals surface area contributed by atoms with Gasteiger partial charge < -0.3 is 10.0 Å². The Bertz CT molecular complexity index is 479. The molecular weight excluding hydrogens is 247 g/mol. The van der Waals surface area contributed by atoms with Crippen LogP contribution in [0.15, 0.2) is 18.2 Å². The zero-order valence-corrected chi connectivity index (χ0v) is 11.3. The first-order valence-corrected chi connectivity index (χ1v) is 6.42. The molecule has 0 amide bonds. The van der Waals surface area contributed by atoms with Crippen molar-refractivity contribution in [3.05, 3.63) is 35.1 Å². The fourth-order valence-electron chi connectivity index (χ4n) is 2.50. The Balaban J connectivity index is 2.15. The molecule has 19 heavy (non-hydrogen) atoms. The van der Waals surface area contributed by atoms with Crippen molar-refractivity contribution in [3.8, 4) is 0 Å². The van der Waals surface area contributed by atoms with Crippen LogP contribution in [0.2, 0.25) is 0 Å². The third-order valence-corrected chi connectivity index (χ3v) is 3.65. The summed E-state index contributed by atoms with van der Waals surface area (Å²) in [5.41, 5.74) is 0.204. The predicted octanol–water partition coefficient (Wildman–Crippen LogP) is 1.66. The highest BCUT2D eigenvalue weighted by Crippen LogP contribution is 2.18. The molecule has 0 saturated carbocycles. The maximum absolute atomic E-state index is 14.1. The van der Waals surface area contributed by atoms with E-state index in [0.717, 1.165) is 19.6 Å². The van der Waals surface area contributed by atoms with Crippen LogP contribution < -0.4 is 0 Å². The van der Waals surface area contributed by atoms with E-state index in [1.54, 1.807) is 12.1 Å². The minimum absolute atomic E-state index is 0.251. The second kappa shape index (κ2) is 5.67. The van der Waals surface area contributed by atoms with E-state index in [1.807, 2.05) is 0 Å². The summed E-state index contributed by atoms with van der Waals surface area (Å²) in [6.45, 7) is 5.33. The normalized spacial score (nSPS) is 21.5. The van der Waals surface area contributed by atoms with E-state index in [-0.39, 0.29) is 5.56 Å². The van der Waals surface area contributed by atoms with Gasteiger partial charge in [0, 0.05) is 37.8 Å². The summed E-state index contributed by atoms with van der Waals surface area (Å²) in [4.78, 5) is 15.3. The van der Waals surface area contributed by atoms with E-state index in [0.29, 0.717) is 18.2 Å². The first-order chi connectivity index (χ1) is 8.99. The van der Waals surface area contributed by atoms with E-state index in [4.69, 9.17) is 5.11 Å². The molecule has 2 rings (SSSR count). The molecule has 4 nitrogen and oxygen atoms in total. The van der Waals surface area contributed by atoms with Gasteiger partial charge in [0.1, 0.15) is 5.82 Å². The first kappa shape index (κ1) is 14.0. The number of benzene rings is 1. The monoisotopic (exact) mass is 266 g/mol. The van der Waals surface area contributed by atoms with Crippen molar-refractivity contribution >= 4 is 5.97 Å². The maximum Gasteiger partial charge on any atom is 0.338 e. The number of piperazine rings is 1. The summed E-state index contributed by atoms with van der Waals surface area (Å²) in [6, 6.07) is 4.90. The van der Waals surface area contributed by atoms with Crippen LogP contribution in [-0.2, 0) is 6.54 Å². The number of carbonyl (C=O) groups is 1. The smallest absolute Gasteiger partial charge is 0.338 e. The Morgan fingerprint density at radius 2 is 2.21 bits per heavy atom. The molecule has 1 fully saturated rings. The molecule has 1 saturated heterocycles. The summed E-state index contributed by atoms with van der Waals surface area (Å²) >= 11 is 0. The van der Waals surface area contributed by atoms with Crippen molar-refractivity contribution in [1.29, 1.82) is 0 Å². The van der Waals surface area contributed by atoms with Crippen LogP contribution in [0.3, 0.4) is 0 Å². The second-order valence-electron chi connectivity index (χ2n) is 5.17. The van der Waals surface area contributed by atoms with E-state index >= 15 is 0 Å². The molecule has 0 radical (unpaired) electrons. The molecule has 104 valence electrons. The largest absolute Gasteiger partial charge is 0.478 e. The van der Waals surface area contributed by atoms with E-state index in [9.17, 15) is 9.18 Å². The molecule has 0 aliphatic carbocycles. The number of hydrogen-bond donors (Lipinski definition) is 1. The van der Waals surface area contributed by atoms with E-state index in [2.05, 4.69) is 23.8 Å². The number of hydrogen-bond acceptors (Lipinski definition) is 3. The Labute approximate surface area is 112 Å². The van der Waals surface area contributed by atoms with Gasteiger partial charge in [0.2, 0.25) is 0 Å². The molecular formula is C14H19FN2O2. The van der Waals surface area contributed by atoms with Gasteiger partial charge in [-0.3, -0.25) is 4.90 Å². The lowest BCUT2D eigenvalue weighted by Gasteiger charge is -2.38. The van der Waals surface area contributed by atoms with Gasteiger partial charge in [0.15, 0.2) is 0 Å². The van der Waals surface area contributed by atoms with Crippen molar-refractivity contribution in [2.45, 2.75) is 19.5 Å². The van der Waals surface area contributed by atoms with Gasteiger partial charge in [-0.25, -0.2) is 9.18 Å². The molecule has 1 aliphatic rings. The molecule has 0 aromatic heterocycles. The summed E-state index contributed by atoms with van der Waals surface area (Å²) in [5.74, 6) is -1.83. The van der Waals surface area contributed by atoms with Gasteiger partial charge in [0.05, 0.1) is 5.56 Å². The van der Waals surface area contributed by atoms with Crippen molar-refractivity contribution in [2.24, 2.45) is 0 Å². The number of carboxylic acid groups (broad SMARTS) is 1. The minimum Gasteiger partial charge on any atom is -0.478 e. The fourth-order valence-corrected chi connectivity index (χ4v) is 2.50. The Hall–Kier alpha value is -1.46. The molecule has 0 spiro atoms. The van der Waals surface area contributed by atoms with Crippen LogP contribution in [0.25, 0.3) is 0 Å². The van der Waals surface area contributed by atoms with Crippen LogP contribution in [0.5, 0.6) is 0 Å². The lowest BCUT2D eigenvalue weighted by atomic mass is 10.1. The van der Waals surface area contributed by atoms with Crippen molar-refractivity contribution in [1.82, 2.24) is 9.80 Å². The summed E-state index contributed by atoms with van der Waals surface area (Å²) < 4.78 is 14.1. The third-order valence-electron chi connectivity index (χ3n) is 3.65. The van der Waals surface area contributed by atoms with E-state index < -0.39 is 11.8 Å². The second-order valence-corrected chi connectivity index (χ2v) is 5.17. The standard InChI is InChI=1S/C14H19FN2O2/c1-10-8-16(2)6-7-17(10)9-11-4-3-5-12(13(11)15)14(18)19/h3-5,10H,6-9H2,1-2H3,(H,18,19). The summed E-state index contributed by atoms with van der Waals surface area (Å²) in [5, 5.41) is 8.92. The molecule has 0 bridgehead atoms. The molecule has 1 atom stereocenters. The highest BCUT2D eigenvalue weighted by molar-refractivity contribution is 5.88. The van der Waals surface area contributed by atoms with Crippen molar-refractivity contribution in [2.75, 3.05) is 26.7 Å². The molecule has 1 N–H and O–H groups in total. The van der Waals surface area contributed by atoms with Crippen molar-refractivity contribution in [3.63, 3.8) is 0 Å². The molecule has 5 heteroatoms. The Kier molecular flexibility index (Phi) is 4.17. The SMILES string of the molecule is CC1CN(C)CCN1Cc1cccc(C(=O)O)c1F. The third kappa shape index (κ3) is 3.11. The van der Waals surface area contributed by atoms with Gasteiger partial charge in [-0.1, -0.05) is 12.1 Å². The van der Waals surface area contributed by atoms with Gasteiger partial charge in [-0.2, -0.15) is 0 Å². The van der Waals surface area contributed by atoms with Crippen LogP contribution in [-0.4, -0.2) is 53.6 Å². The van der Waals surface area contributed by atoms with Gasteiger partial charge >= 0.3 is 5.97 Å². The van der Waals surface area contributed by atoms with Crippen molar-refractivity contribution < 1.29 is 14.3 Å². The fraction of sp³-hybridized carbons (Fsp3) is 0.500. The highest BCUT2D eigenvalue weighted by atomic mass is 19.1. The Morgan fingerprint density at radius 1 is 1.47 bits per heavy atom. The topological polar surface area (TPSA) is 43.8 Å². The number of nitrogens with zero attached hydrogens (tertiary/aromatic N) is 2.